The number of ether oxygens (including phenoxy) is 2. The molecule has 1 heterocycles. The number of nitrogens with one attached hydrogen (secondary N) is 1. The predicted octanol–water partition coefficient (Wildman–Crippen LogP) is 4.65. The summed E-state index contributed by atoms with van der Waals surface area (Å²) in [7, 11) is 3.12. The van der Waals surface area contributed by atoms with Gasteiger partial charge in [0.1, 0.15) is 16.0 Å². The van der Waals surface area contributed by atoms with Crippen LogP contribution < -0.4 is 14.8 Å². The van der Waals surface area contributed by atoms with E-state index in [1.165, 1.54) is 0 Å². The van der Waals surface area contributed by atoms with Gasteiger partial charge in [0.05, 0.1) is 20.3 Å². The molecule has 0 saturated heterocycles. The Morgan fingerprint density at radius 3 is 2.26 bits per heavy atom. The number of benzene rings is 1. The van der Waals surface area contributed by atoms with Crippen LogP contribution in [0.4, 0.5) is 0 Å². The number of amides is 1. The van der Waals surface area contributed by atoms with Crippen molar-refractivity contribution in [3.8, 4) is 11.5 Å². The first-order valence-corrected chi connectivity index (χ1v) is 8.91. The lowest BCUT2D eigenvalue weighted by atomic mass is 10.0. The van der Waals surface area contributed by atoms with Crippen molar-refractivity contribution < 1.29 is 14.3 Å². The summed E-state index contributed by atoms with van der Waals surface area (Å²) in [5.41, 5.74) is 0.504. The van der Waals surface area contributed by atoms with E-state index in [1.54, 1.807) is 37.7 Å². The predicted molar refractivity (Wildman–Crippen MR) is 96.6 cm³/mol. The molecule has 0 bridgehead atoms. The Balaban J connectivity index is 2.29. The molecule has 1 N–H and O–H groups in total. The van der Waals surface area contributed by atoms with Gasteiger partial charge in [0.15, 0.2) is 0 Å². The average Bonchev–Trinajstić information content (AvgIpc) is 3.06. The zero-order chi connectivity index (χ0) is 17.0. The van der Waals surface area contributed by atoms with E-state index in [0.29, 0.717) is 21.5 Å². The number of hydrogen-bond donors (Lipinski definition) is 1. The Labute approximate surface area is 148 Å². The van der Waals surface area contributed by atoms with Gasteiger partial charge in [-0.15, -0.1) is 11.3 Å². The number of hydrogen-bond acceptors (Lipinski definition) is 4. The standard InChI is InChI=1S/C17H20BrNO3S/c1-10(2)16(14-6-5-7-23-14)19-17(20)11-8-12(21-3)15(18)13(9-11)22-4/h5-10,16H,1-4H3,(H,19,20). The zero-order valence-electron chi connectivity index (χ0n) is 13.6. The minimum Gasteiger partial charge on any atom is -0.495 e. The van der Waals surface area contributed by atoms with E-state index in [2.05, 4.69) is 35.1 Å². The number of carbonyl (C=O) groups is 1. The highest BCUT2D eigenvalue weighted by molar-refractivity contribution is 9.10. The Morgan fingerprint density at radius 1 is 1.22 bits per heavy atom. The van der Waals surface area contributed by atoms with Gasteiger partial charge in [0.25, 0.3) is 5.91 Å². The van der Waals surface area contributed by atoms with Gasteiger partial charge in [-0.1, -0.05) is 19.9 Å². The van der Waals surface area contributed by atoms with Gasteiger partial charge < -0.3 is 14.8 Å². The fraction of sp³-hybridized carbons (Fsp3) is 0.353. The maximum atomic E-state index is 12.7. The number of rotatable bonds is 6. The lowest BCUT2D eigenvalue weighted by Gasteiger charge is -2.21. The highest BCUT2D eigenvalue weighted by Crippen LogP contribution is 2.36. The van der Waals surface area contributed by atoms with Crippen LogP contribution in [0.3, 0.4) is 0 Å². The molecule has 0 saturated carbocycles. The molecule has 0 fully saturated rings. The Hall–Kier alpha value is -1.53. The van der Waals surface area contributed by atoms with Gasteiger partial charge in [-0.25, -0.2) is 0 Å². The highest BCUT2D eigenvalue weighted by atomic mass is 79.9. The number of carbonyl (C=O) groups excluding carboxylic acids is 1. The molecule has 1 unspecified atom stereocenters. The molecule has 4 nitrogen and oxygen atoms in total. The van der Waals surface area contributed by atoms with Crippen LogP contribution in [0.1, 0.15) is 35.1 Å². The fourth-order valence-corrected chi connectivity index (χ4v) is 3.76. The highest BCUT2D eigenvalue weighted by Gasteiger charge is 2.21. The van der Waals surface area contributed by atoms with Crippen molar-refractivity contribution >= 4 is 33.2 Å². The van der Waals surface area contributed by atoms with Crippen molar-refractivity contribution in [3.63, 3.8) is 0 Å². The molecule has 0 aliphatic heterocycles. The van der Waals surface area contributed by atoms with Crippen LogP contribution in [0, 0.1) is 5.92 Å². The molecular weight excluding hydrogens is 378 g/mol. The summed E-state index contributed by atoms with van der Waals surface area (Å²) in [5.74, 6) is 1.26. The number of thiophene rings is 1. The van der Waals surface area contributed by atoms with Crippen LogP contribution in [0.5, 0.6) is 11.5 Å². The second-order valence-corrected chi connectivity index (χ2v) is 7.18. The van der Waals surface area contributed by atoms with Gasteiger partial charge in [-0.3, -0.25) is 4.79 Å². The van der Waals surface area contributed by atoms with E-state index in [1.807, 2.05) is 17.5 Å². The molecule has 0 radical (unpaired) electrons. The fourth-order valence-electron chi connectivity index (χ4n) is 2.26. The van der Waals surface area contributed by atoms with Gasteiger partial charge in [0.2, 0.25) is 0 Å². The van der Waals surface area contributed by atoms with E-state index in [4.69, 9.17) is 9.47 Å². The number of halogens is 1. The monoisotopic (exact) mass is 397 g/mol. The van der Waals surface area contributed by atoms with Crippen LogP contribution in [-0.2, 0) is 0 Å². The number of methoxy groups -OCH3 is 2. The van der Waals surface area contributed by atoms with Crippen molar-refractivity contribution in [2.45, 2.75) is 19.9 Å². The average molecular weight is 398 g/mol. The lowest BCUT2D eigenvalue weighted by Crippen LogP contribution is -2.31. The summed E-state index contributed by atoms with van der Waals surface area (Å²) in [4.78, 5) is 13.8. The van der Waals surface area contributed by atoms with Gasteiger partial charge in [0, 0.05) is 10.4 Å². The molecule has 2 aromatic rings. The second-order valence-electron chi connectivity index (χ2n) is 5.41. The van der Waals surface area contributed by atoms with E-state index < -0.39 is 0 Å². The molecule has 1 aromatic heterocycles. The third-order valence-electron chi connectivity index (χ3n) is 3.51. The van der Waals surface area contributed by atoms with Crippen molar-refractivity contribution in [3.05, 3.63) is 44.6 Å². The first-order valence-electron chi connectivity index (χ1n) is 7.23. The first kappa shape index (κ1) is 17.8. The normalized spacial score (nSPS) is 12.1. The Morgan fingerprint density at radius 2 is 1.83 bits per heavy atom. The summed E-state index contributed by atoms with van der Waals surface area (Å²) in [6.45, 7) is 4.18. The molecule has 124 valence electrons. The van der Waals surface area contributed by atoms with Crippen LogP contribution in [0.15, 0.2) is 34.1 Å². The van der Waals surface area contributed by atoms with Crippen LogP contribution >= 0.6 is 27.3 Å². The van der Waals surface area contributed by atoms with E-state index in [0.717, 1.165) is 4.88 Å². The molecule has 23 heavy (non-hydrogen) atoms. The van der Waals surface area contributed by atoms with Gasteiger partial charge in [-0.2, -0.15) is 0 Å². The minimum absolute atomic E-state index is 0.0249. The third kappa shape index (κ3) is 4.06. The maximum Gasteiger partial charge on any atom is 0.252 e. The molecule has 1 aromatic carbocycles. The topological polar surface area (TPSA) is 47.6 Å². The van der Waals surface area contributed by atoms with Crippen molar-refractivity contribution in [1.29, 1.82) is 0 Å². The van der Waals surface area contributed by atoms with Crippen LogP contribution in [0.25, 0.3) is 0 Å². The lowest BCUT2D eigenvalue weighted by molar-refractivity contribution is 0.0926. The van der Waals surface area contributed by atoms with E-state index in [9.17, 15) is 4.79 Å². The largest absolute Gasteiger partial charge is 0.495 e. The molecule has 6 heteroatoms. The van der Waals surface area contributed by atoms with Gasteiger partial charge >= 0.3 is 0 Å². The van der Waals surface area contributed by atoms with Crippen molar-refractivity contribution in [2.75, 3.05) is 14.2 Å². The summed E-state index contributed by atoms with van der Waals surface area (Å²) >= 11 is 5.05. The summed E-state index contributed by atoms with van der Waals surface area (Å²) < 4.78 is 11.3. The molecule has 0 aliphatic rings. The van der Waals surface area contributed by atoms with Crippen molar-refractivity contribution in [2.24, 2.45) is 5.92 Å². The summed E-state index contributed by atoms with van der Waals surface area (Å²) in [6, 6.07) is 7.41. The van der Waals surface area contributed by atoms with Crippen molar-refractivity contribution in [1.82, 2.24) is 5.32 Å². The third-order valence-corrected chi connectivity index (χ3v) is 5.25. The van der Waals surface area contributed by atoms with E-state index in [-0.39, 0.29) is 17.9 Å². The summed E-state index contributed by atoms with van der Waals surface area (Å²) in [6.07, 6.45) is 0. The second kappa shape index (κ2) is 7.84. The zero-order valence-corrected chi connectivity index (χ0v) is 16.0. The molecule has 1 amide bonds. The van der Waals surface area contributed by atoms with E-state index >= 15 is 0 Å². The summed E-state index contributed by atoms with van der Waals surface area (Å²) in [5, 5.41) is 5.12. The smallest absolute Gasteiger partial charge is 0.252 e. The Kier molecular flexibility index (Phi) is 6.07. The molecule has 0 spiro atoms. The SMILES string of the molecule is COc1cc(C(=O)NC(c2cccs2)C(C)C)cc(OC)c1Br. The quantitative estimate of drug-likeness (QED) is 0.770. The van der Waals surface area contributed by atoms with Gasteiger partial charge in [-0.05, 0) is 45.4 Å². The maximum absolute atomic E-state index is 12.7. The van der Waals surface area contributed by atoms with Crippen LogP contribution in [0.2, 0.25) is 0 Å². The first-order chi connectivity index (χ1) is 11.0. The minimum atomic E-state index is -0.152. The molecular formula is C17H20BrNO3S. The Bertz CT molecular complexity index is 645. The molecule has 2 rings (SSSR count). The molecule has 0 aliphatic carbocycles. The molecule has 1 atom stereocenters. The van der Waals surface area contributed by atoms with Crippen LogP contribution in [-0.4, -0.2) is 20.1 Å².